The third kappa shape index (κ3) is 5.47. The summed E-state index contributed by atoms with van der Waals surface area (Å²) in [4.78, 5) is 16.0. The minimum atomic E-state index is -0.271. The van der Waals surface area contributed by atoms with Crippen LogP contribution < -0.4 is 5.32 Å². The molecule has 2 aromatic rings. The van der Waals surface area contributed by atoms with E-state index in [0.29, 0.717) is 17.1 Å². The first-order chi connectivity index (χ1) is 13.1. The Kier molecular flexibility index (Phi) is 7.16. The second-order valence-electron chi connectivity index (χ2n) is 6.70. The highest BCUT2D eigenvalue weighted by Crippen LogP contribution is 2.28. The fourth-order valence-corrected chi connectivity index (χ4v) is 4.25. The molecular formula is C21H24ClFN2OS. The van der Waals surface area contributed by atoms with Crippen LogP contribution in [0.25, 0.3) is 0 Å². The molecule has 2 aromatic carbocycles. The molecule has 27 heavy (non-hydrogen) atoms. The molecule has 1 amide bonds. The first-order valence-electron chi connectivity index (χ1n) is 9.25. The maximum absolute atomic E-state index is 14.0. The number of likely N-dealkylation sites (tertiary alicyclic amines) is 1. The molecule has 0 aromatic heterocycles. The molecule has 1 N–H and O–H groups in total. The second-order valence-corrected chi connectivity index (χ2v) is 8.45. The average Bonchev–Trinajstić information content (AvgIpc) is 2.66. The Morgan fingerprint density at radius 2 is 2.00 bits per heavy atom. The van der Waals surface area contributed by atoms with Crippen molar-refractivity contribution in [1.29, 1.82) is 0 Å². The summed E-state index contributed by atoms with van der Waals surface area (Å²) in [6.07, 6.45) is 1.56. The molecule has 1 saturated heterocycles. The lowest BCUT2D eigenvalue weighted by Gasteiger charge is -2.31. The fourth-order valence-electron chi connectivity index (χ4n) is 3.33. The molecule has 0 saturated carbocycles. The summed E-state index contributed by atoms with van der Waals surface area (Å²) in [6, 6.07) is 12.7. The largest absolute Gasteiger partial charge is 0.325 e. The second kappa shape index (κ2) is 9.58. The highest BCUT2D eigenvalue weighted by Gasteiger charge is 2.25. The molecule has 3 rings (SSSR count). The molecule has 0 aliphatic carbocycles. The number of hydrogen-bond donors (Lipinski definition) is 1. The predicted molar refractivity (Wildman–Crippen MR) is 111 cm³/mol. The number of hydrogen-bond acceptors (Lipinski definition) is 3. The van der Waals surface area contributed by atoms with E-state index in [-0.39, 0.29) is 17.6 Å². The van der Waals surface area contributed by atoms with Gasteiger partial charge in [0.25, 0.3) is 0 Å². The van der Waals surface area contributed by atoms with E-state index in [1.54, 1.807) is 23.9 Å². The molecule has 0 atom stereocenters. The van der Waals surface area contributed by atoms with E-state index in [2.05, 4.69) is 17.1 Å². The zero-order valence-corrected chi connectivity index (χ0v) is 17.0. The zero-order chi connectivity index (χ0) is 19.2. The Bertz CT molecular complexity index is 794. The first kappa shape index (κ1) is 20.2. The Hall–Kier alpha value is -1.56. The quantitative estimate of drug-likeness (QED) is 0.648. The SMILES string of the molecule is CCSc1ccccc1NC(=O)C1CCN(Cc2ccc(Cl)cc2F)CC1. The number of benzene rings is 2. The number of para-hydroxylation sites is 1. The van der Waals surface area contributed by atoms with Gasteiger partial charge in [-0.05, 0) is 55.9 Å². The topological polar surface area (TPSA) is 32.3 Å². The molecule has 0 radical (unpaired) electrons. The third-order valence-electron chi connectivity index (χ3n) is 4.81. The van der Waals surface area contributed by atoms with Crippen molar-refractivity contribution in [2.45, 2.75) is 31.2 Å². The summed E-state index contributed by atoms with van der Waals surface area (Å²) in [7, 11) is 0. The minimum absolute atomic E-state index is 0.00371. The number of rotatable bonds is 6. The van der Waals surface area contributed by atoms with Gasteiger partial charge in [-0.25, -0.2) is 4.39 Å². The van der Waals surface area contributed by atoms with Gasteiger partial charge in [-0.2, -0.15) is 0 Å². The van der Waals surface area contributed by atoms with Crippen molar-refractivity contribution in [3.63, 3.8) is 0 Å². The Balaban J connectivity index is 1.53. The summed E-state index contributed by atoms with van der Waals surface area (Å²) in [5.74, 6) is 0.770. The van der Waals surface area contributed by atoms with Gasteiger partial charge in [0.05, 0.1) is 5.69 Å². The molecule has 1 aliphatic rings. The van der Waals surface area contributed by atoms with E-state index >= 15 is 0 Å². The van der Waals surface area contributed by atoms with E-state index in [0.717, 1.165) is 42.3 Å². The molecule has 1 heterocycles. The van der Waals surface area contributed by atoms with Gasteiger partial charge < -0.3 is 5.32 Å². The van der Waals surface area contributed by atoms with Gasteiger partial charge in [-0.1, -0.05) is 36.7 Å². The van der Waals surface area contributed by atoms with Crippen molar-refractivity contribution >= 4 is 35.0 Å². The van der Waals surface area contributed by atoms with Crippen LogP contribution >= 0.6 is 23.4 Å². The lowest BCUT2D eigenvalue weighted by molar-refractivity contribution is -0.121. The number of anilines is 1. The molecule has 144 valence electrons. The van der Waals surface area contributed by atoms with Crippen molar-refractivity contribution in [3.8, 4) is 0 Å². The number of carbonyl (C=O) groups excluding carboxylic acids is 1. The van der Waals surface area contributed by atoms with Crippen LogP contribution in [-0.2, 0) is 11.3 Å². The van der Waals surface area contributed by atoms with E-state index in [4.69, 9.17) is 11.6 Å². The van der Waals surface area contributed by atoms with E-state index in [1.807, 2.05) is 24.3 Å². The zero-order valence-electron chi connectivity index (χ0n) is 15.4. The van der Waals surface area contributed by atoms with Crippen LogP contribution in [0.15, 0.2) is 47.4 Å². The van der Waals surface area contributed by atoms with Gasteiger partial charge in [-0.15, -0.1) is 11.8 Å². The van der Waals surface area contributed by atoms with Crippen molar-refractivity contribution < 1.29 is 9.18 Å². The number of halogens is 2. The Morgan fingerprint density at radius 3 is 2.70 bits per heavy atom. The van der Waals surface area contributed by atoms with Crippen molar-refractivity contribution in [2.24, 2.45) is 5.92 Å². The van der Waals surface area contributed by atoms with Crippen LogP contribution in [0.3, 0.4) is 0 Å². The molecular weight excluding hydrogens is 383 g/mol. The maximum Gasteiger partial charge on any atom is 0.227 e. The van der Waals surface area contributed by atoms with Gasteiger partial charge in [0.15, 0.2) is 0 Å². The monoisotopic (exact) mass is 406 g/mol. The molecule has 1 fully saturated rings. The summed E-state index contributed by atoms with van der Waals surface area (Å²) in [5, 5.41) is 3.50. The Morgan fingerprint density at radius 1 is 1.26 bits per heavy atom. The van der Waals surface area contributed by atoms with E-state index in [1.165, 1.54) is 6.07 Å². The Labute approximate surface area is 169 Å². The van der Waals surface area contributed by atoms with Gasteiger partial charge in [0.2, 0.25) is 5.91 Å². The van der Waals surface area contributed by atoms with Crippen LogP contribution in [0, 0.1) is 11.7 Å². The summed E-state index contributed by atoms with van der Waals surface area (Å²) < 4.78 is 14.0. The third-order valence-corrected chi connectivity index (χ3v) is 6.00. The lowest BCUT2D eigenvalue weighted by atomic mass is 9.95. The van der Waals surface area contributed by atoms with E-state index in [9.17, 15) is 9.18 Å². The van der Waals surface area contributed by atoms with Crippen LogP contribution in [-0.4, -0.2) is 29.6 Å². The average molecular weight is 407 g/mol. The molecule has 3 nitrogen and oxygen atoms in total. The van der Waals surface area contributed by atoms with Crippen molar-refractivity contribution in [1.82, 2.24) is 4.90 Å². The smallest absolute Gasteiger partial charge is 0.227 e. The van der Waals surface area contributed by atoms with Crippen LogP contribution in [0.4, 0.5) is 10.1 Å². The van der Waals surface area contributed by atoms with Gasteiger partial charge in [0.1, 0.15) is 5.82 Å². The minimum Gasteiger partial charge on any atom is -0.325 e. The van der Waals surface area contributed by atoms with Crippen LogP contribution in [0.1, 0.15) is 25.3 Å². The van der Waals surface area contributed by atoms with E-state index < -0.39 is 0 Å². The normalized spacial score (nSPS) is 15.7. The highest BCUT2D eigenvalue weighted by atomic mass is 35.5. The highest BCUT2D eigenvalue weighted by molar-refractivity contribution is 7.99. The molecule has 0 bridgehead atoms. The van der Waals surface area contributed by atoms with Crippen molar-refractivity contribution in [2.75, 3.05) is 24.2 Å². The summed E-state index contributed by atoms with van der Waals surface area (Å²) in [5.41, 5.74) is 1.54. The predicted octanol–water partition coefficient (Wildman–Crippen LogP) is 5.44. The first-order valence-corrected chi connectivity index (χ1v) is 10.6. The van der Waals surface area contributed by atoms with Crippen LogP contribution in [0.2, 0.25) is 5.02 Å². The number of amides is 1. The number of piperidine rings is 1. The van der Waals surface area contributed by atoms with Gasteiger partial charge in [-0.3, -0.25) is 9.69 Å². The number of nitrogens with one attached hydrogen (secondary N) is 1. The fraction of sp³-hybridized carbons (Fsp3) is 0.381. The van der Waals surface area contributed by atoms with Crippen molar-refractivity contribution in [3.05, 3.63) is 58.9 Å². The number of carbonyl (C=O) groups is 1. The van der Waals surface area contributed by atoms with Gasteiger partial charge >= 0.3 is 0 Å². The molecule has 1 aliphatic heterocycles. The lowest BCUT2D eigenvalue weighted by Crippen LogP contribution is -2.38. The standard InChI is InChI=1S/C21H24ClFN2OS/c1-2-27-20-6-4-3-5-19(20)24-21(26)15-9-11-25(12-10-15)14-16-7-8-17(22)13-18(16)23/h3-8,13,15H,2,9-12,14H2,1H3,(H,24,26). The maximum atomic E-state index is 14.0. The summed E-state index contributed by atoms with van der Waals surface area (Å²) in [6.45, 7) is 4.22. The molecule has 0 unspecified atom stereocenters. The van der Waals surface area contributed by atoms with Crippen LogP contribution in [0.5, 0.6) is 0 Å². The summed E-state index contributed by atoms with van der Waals surface area (Å²) >= 11 is 7.54. The number of nitrogens with zero attached hydrogens (tertiary/aromatic N) is 1. The molecule has 6 heteroatoms. The number of thioether (sulfide) groups is 1. The van der Waals surface area contributed by atoms with Gasteiger partial charge in [0, 0.05) is 27.9 Å². The molecule has 0 spiro atoms.